The molecule has 0 saturated heterocycles. The highest BCUT2D eigenvalue weighted by Crippen LogP contribution is 2.29. The van der Waals surface area contributed by atoms with Crippen molar-refractivity contribution in [2.24, 2.45) is 0 Å². The van der Waals surface area contributed by atoms with Crippen molar-refractivity contribution in [2.75, 3.05) is 18.4 Å². The largest absolute Gasteiger partial charge is 0.441 e. The predicted octanol–water partition coefficient (Wildman–Crippen LogP) is 5.06. The van der Waals surface area contributed by atoms with Gasteiger partial charge in [-0.1, -0.05) is 47.5 Å². The number of oxazole rings is 1. The summed E-state index contributed by atoms with van der Waals surface area (Å²) in [5.41, 5.74) is 1.26. The fourth-order valence-electron chi connectivity index (χ4n) is 2.75. The van der Waals surface area contributed by atoms with Gasteiger partial charge in [-0.05, 0) is 38.1 Å². The number of aryl methyl sites for hydroxylation is 1. The van der Waals surface area contributed by atoms with E-state index < -0.39 is 11.8 Å². The first kappa shape index (κ1) is 20.9. The molecule has 2 amide bonds. The van der Waals surface area contributed by atoms with E-state index in [4.69, 9.17) is 27.6 Å². The Morgan fingerprint density at radius 1 is 1.07 bits per heavy atom. The Bertz CT molecular complexity index is 1010. The molecule has 1 N–H and O–H groups in total. The van der Waals surface area contributed by atoms with E-state index in [2.05, 4.69) is 10.3 Å². The third kappa shape index (κ3) is 4.78. The van der Waals surface area contributed by atoms with Crippen molar-refractivity contribution in [1.82, 2.24) is 9.88 Å². The van der Waals surface area contributed by atoms with Crippen LogP contribution in [0.5, 0.6) is 0 Å². The number of carbonyl (C=O) groups excluding carboxylic acids is 2. The Morgan fingerprint density at radius 2 is 1.72 bits per heavy atom. The van der Waals surface area contributed by atoms with Crippen LogP contribution in [0.3, 0.4) is 0 Å². The van der Waals surface area contributed by atoms with Crippen molar-refractivity contribution in [2.45, 2.75) is 13.8 Å². The van der Waals surface area contributed by atoms with Gasteiger partial charge in [0.2, 0.25) is 11.8 Å². The molecule has 2 aromatic carbocycles. The molecule has 0 atom stereocenters. The molecule has 0 aliphatic rings. The summed E-state index contributed by atoms with van der Waals surface area (Å²) in [6.45, 7) is 3.59. The molecule has 0 saturated carbocycles. The highest BCUT2D eigenvalue weighted by Gasteiger charge is 2.24. The monoisotopic (exact) mass is 431 g/mol. The lowest BCUT2D eigenvalue weighted by Gasteiger charge is -2.20. The third-order valence-electron chi connectivity index (χ3n) is 4.25. The first-order valence-corrected chi connectivity index (χ1v) is 9.72. The Balaban J connectivity index is 1.75. The summed E-state index contributed by atoms with van der Waals surface area (Å²) < 4.78 is 5.65. The normalized spacial score (nSPS) is 10.6. The topological polar surface area (TPSA) is 75.4 Å². The SMILES string of the molecule is CCN(CC(=O)Nc1c(Cl)cccc1Cl)C(=O)c1nc(-c2ccccc2)oc1C. The van der Waals surface area contributed by atoms with E-state index in [1.807, 2.05) is 30.3 Å². The van der Waals surface area contributed by atoms with Crippen LogP contribution in [0.25, 0.3) is 11.5 Å². The van der Waals surface area contributed by atoms with Crippen LogP contribution < -0.4 is 5.32 Å². The molecule has 0 aliphatic carbocycles. The van der Waals surface area contributed by atoms with Crippen molar-refractivity contribution in [1.29, 1.82) is 0 Å². The molecule has 29 heavy (non-hydrogen) atoms. The van der Waals surface area contributed by atoms with Crippen LogP contribution in [-0.2, 0) is 4.79 Å². The minimum atomic E-state index is -0.417. The molecular formula is C21H19Cl2N3O3. The molecule has 0 bridgehead atoms. The quantitative estimate of drug-likeness (QED) is 0.591. The molecule has 0 spiro atoms. The van der Waals surface area contributed by atoms with Crippen molar-refractivity contribution in [3.8, 4) is 11.5 Å². The Kier molecular flexibility index (Phi) is 6.56. The maximum absolute atomic E-state index is 12.9. The summed E-state index contributed by atoms with van der Waals surface area (Å²) in [4.78, 5) is 31.1. The lowest BCUT2D eigenvalue weighted by atomic mass is 10.2. The standard InChI is InChI=1S/C21H19Cl2N3O3/c1-3-26(12-17(27)24-19-15(22)10-7-11-16(19)23)21(28)18-13(2)29-20(25-18)14-8-5-4-6-9-14/h4-11H,3,12H2,1-2H3,(H,24,27). The van der Waals surface area contributed by atoms with Gasteiger partial charge in [0, 0.05) is 12.1 Å². The number of nitrogens with zero attached hydrogens (tertiary/aromatic N) is 2. The summed E-state index contributed by atoms with van der Waals surface area (Å²) in [7, 11) is 0. The van der Waals surface area contributed by atoms with E-state index >= 15 is 0 Å². The summed E-state index contributed by atoms with van der Waals surface area (Å²) in [5, 5.41) is 3.29. The lowest BCUT2D eigenvalue weighted by molar-refractivity contribution is -0.116. The second kappa shape index (κ2) is 9.11. The van der Waals surface area contributed by atoms with Crippen molar-refractivity contribution >= 4 is 40.7 Å². The second-order valence-electron chi connectivity index (χ2n) is 6.25. The zero-order valence-electron chi connectivity index (χ0n) is 15.9. The zero-order valence-corrected chi connectivity index (χ0v) is 17.4. The molecule has 1 heterocycles. The van der Waals surface area contributed by atoms with Gasteiger partial charge in [0.1, 0.15) is 12.3 Å². The number of likely N-dealkylation sites (N-methyl/N-ethyl adjacent to an activating group) is 1. The maximum atomic E-state index is 12.9. The minimum Gasteiger partial charge on any atom is -0.441 e. The Hall–Kier alpha value is -2.83. The molecule has 8 heteroatoms. The summed E-state index contributed by atoms with van der Waals surface area (Å²) in [6, 6.07) is 14.2. The predicted molar refractivity (Wildman–Crippen MR) is 113 cm³/mol. The number of amides is 2. The fraction of sp³-hybridized carbons (Fsp3) is 0.190. The molecule has 3 aromatic rings. The second-order valence-corrected chi connectivity index (χ2v) is 7.07. The molecule has 0 radical (unpaired) electrons. The Morgan fingerprint density at radius 3 is 2.34 bits per heavy atom. The van der Waals surface area contributed by atoms with Crippen molar-refractivity contribution in [3.05, 3.63) is 70.0 Å². The van der Waals surface area contributed by atoms with Gasteiger partial charge < -0.3 is 14.6 Å². The number of aromatic nitrogens is 1. The number of benzene rings is 2. The molecule has 3 rings (SSSR count). The van der Waals surface area contributed by atoms with Gasteiger partial charge in [0.15, 0.2) is 5.69 Å². The smallest absolute Gasteiger partial charge is 0.276 e. The first-order chi connectivity index (χ1) is 13.9. The average Bonchev–Trinajstić information content (AvgIpc) is 3.11. The number of nitrogens with one attached hydrogen (secondary N) is 1. The van der Waals surface area contributed by atoms with Gasteiger partial charge in [-0.25, -0.2) is 4.98 Å². The number of halogens is 2. The molecule has 0 fully saturated rings. The van der Waals surface area contributed by atoms with Gasteiger partial charge in [0.05, 0.1) is 15.7 Å². The number of hydrogen-bond acceptors (Lipinski definition) is 4. The molecule has 0 unspecified atom stereocenters. The van der Waals surface area contributed by atoms with Crippen LogP contribution in [0.15, 0.2) is 52.9 Å². The van der Waals surface area contributed by atoms with Gasteiger partial charge in [0.25, 0.3) is 5.91 Å². The van der Waals surface area contributed by atoms with E-state index in [-0.39, 0.29) is 12.2 Å². The van der Waals surface area contributed by atoms with Gasteiger partial charge in [-0.2, -0.15) is 0 Å². The van der Waals surface area contributed by atoms with Crippen LogP contribution in [-0.4, -0.2) is 34.8 Å². The van der Waals surface area contributed by atoms with Crippen molar-refractivity contribution < 1.29 is 14.0 Å². The molecular weight excluding hydrogens is 413 g/mol. The summed E-state index contributed by atoms with van der Waals surface area (Å²) in [6.07, 6.45) is 0. The number of hydrogen-bond donors (Lipinski definition) is 1. The minimum absolute atomic E-state index is 0.175. The van der Waals surface area contributed by atoms with E-state index in [1.54, 1.807) is 32.0 Å². The third-order valence-corrected chi connectivity index (χ3v) is 4.88. The van der Waals surface area contributed by atoms with Crippen LogP contribution in [0, 0.1) is 6.92 Å². The van der Waals surface area contributed by atoms with Gasteiger partial charge in [-0.3, -0.25) is 9.59 Å². The van der Waals surface area contributed by atoms with Crippen molar-refractivity contribution in [3.63, 3.8) is 0 Å². The zero-order chi connectivity index (χ0) is 21.0. The van der Waals surface area contributed by atoms with E-state index in [0.717, 1.165) is 5.56 Å². The molecule has 1 aromatic heterocycles. The molecule has 150 valence electrons. The molecule has 0 aliphatic heterocycles. The van der Waals surface area contributed by atoms with E-state index in [1.165, 1.54) is 4.90 Å². The Labute approximate surface area is 178 Å². The van der Waals surface area contributed by atoms with Crippen LogP contribution in [0.2, 0.25) is 10.0 Å². The van der Waals surface area contributed by atoms with Gasteiger partial charge in [-0.15, -0.1) is 0 Å². The lowest BCUT2D eigenvalue weighted by Crippen LogP contribution is -2.38. The summed E-state index contributed by atoms with van der Waals surface area (Å²) >= 11 is 12.2. The summed E-state index contributed by atoms with van der Waals surface area (Å²) in [5.74, 6) is -0.0624. The van der Waals surface area contributed by atoms with Gasteiger partial charge >= 0.3 is 0 Å². The van der Waals surface area contributed by atoms with Crippen LogP contribution in [0.1, 0.15) is 23.2 Å². The van der Waals surface area contributed by atoms with E-state index in [9.17, 15) is 9.59 Å². The number of carbonyl (C=O) groups is 2. The van der Waals surface area contributed by atoms with Crippen LogP contribution in [0.4, 0.5) is 5.69 Å². The number of rotatable bonds is 6. The van der Waals surface area contributed by atoms with E-state index in [0.29, 0.717) is 33.9 Å². The maximum Gasteiger partial charge on any atom is 0.276 e. The number of anilines is 1. The van der Waals surface area contributed by atoms with Crippen LogP contribution >= 0.6 is 23.2 Å². The first-order valence-electron chi connectivity index (χ1n) is 8.96. The average molecular weight is 432 g/mol. The number of para-hydroxylation sites is 1. The highest BCUT2D eigenvalue weighted by atomic mass is 35.5. The highest BCUT2D eigenvalue weighted by molar-refractivity contribution is 6.39. The molecule has 6 nitrogen and oxygen atoms in total. The fourth-order valence-corrected chi connectivity index (χ4v) is 3.24.